The number of hydrogen-bond acceptors (Lipinski definition) is 2. The van der Waals surface area contributed by atoms with E-state index >= 15 is 0 Å². The van der Waals surface area contributed by atoms with E-state index in [2.05, 4.69) is 195 Å². The van der Waals surface area contributed by atoms with Gasteiger partial charge in [0.1, 0.15) is 11.2 Å². The summed E-state index contributed by atoms with van der Waals surface area (Å²) < 4.78 is 6.43. The summed E-state index contributed by atoms with van der Waals surface area (Å²) in [5.41, 5.74) is 15.1. The van der Waals surface area contributed by atoms with E-state index in [1.165, 1.54) is 49.8 Å². The predicted molar refractivity (Wildman–Crippen MR) is 214 cm³/mol. The molecular weight excluding hydrogens is 619 g/mol. The first-order valence-electron chi connectivity index (χ1n) is 17.7. The lowest BCUT2D eigenvalue weighted by molar-refractivity contribution is 0.660. The van der Waals surface area contributed by atoms with Crippen molar-refractivity contribution in [1.82, 2.24) is 0 Å². The monoisotopic (exact) mass is 653 g/mol. The number of furan rings is 1. The standard InChI is InChI=1S/C49H35NO/c1-49(2)41-22-11-8-21-38(41)48-42(49)23-14-26-45(48)50(43-24-12-9-19-36(43)32-15-4-3-5-16-32)44-25-13-10-20-37(44)35-27-28-46-39(30-35)40-29-33-17-6-7-18-34(33)31-47(40)51-46/h3-31H,1-2H3. The number of benzene rings is 8. The molecule has 1 aliphatic rings. The minimum atomic E-state index is -0.121. The topological polar surface area (TPSA) is 16.4 Å². The van der Waals surface area contributed by atoms with Crippen LogP contribution < -0.4 is 4.90 Å². The van der Waals surface area contributed by atoms with Crippen LogP contribution in [0, 0.1) is 0 Å². The normalized spacial score (nSPS) is 13.1. The Hall–Kier alpha value is -6.38. The Labute approximate surface area is 297 Å². The summed E-state index contributed by atoms with van der Waals surface area (Å²) >= 11 is 0. The van der Waals surface area contributed by atoms with Gasteiger partial charge in [0, 0.05) is 32.9 Å². The zero-order valence-electron chi connectivity index (χ0n) is 28.6. The Morgan fingerprint density at radius 3 is 1.75 bits per heavy atom. The van der Waals surface area contributed by atoms with Crippen LogP contribution in [0.25, 0.3) is 66.1 Å². The van der Waals surface area contributed by atoms with Gasteiger partial charge in [-0.2, -0.15) is 0 Å². The van der Waals surface area contributed by atoms with E-state index < -0.39 is 0 Å². The molecule has 1 aromatic heterocycles. The third-order valence-corrected chi connectivity index (χ3v) is 10.8. The zero-order valence-corrected chi connectivity index (χ0v) is 28.6. The molecule has 0 amide bonds. The fourth-order valence-corrected chi connectivity index (χ4v) is 8.38. The molecule has 242 valence electrons. The first-order chi connectivity index (χ1) is 25.1. The molecule has 0 radical (unpaired) electrons. The van der Waals surface area contributed by atoms with E-state index in [9.17, 15) is 0 Å². The first kappa shape index (κ1) is 29.5. The number of para-hydroxylation sites is 2. The Morgan fingerprint density at radius 1 is 0.412 bits per heavy atom. The molecule has 2 heteroatoms. The largest absolute Gasteiger partial charge is 0.456 e. The van der Waals surface area contributed by atoms with Crippen molar-refractivity contribution in [2.45, 2.75) is 19.3 Å². The lowest BCUT2D eigenvalue weighted by atomic mass is 9.82. The van der Waals surface area contributed by atoms with Crippen molar-refractivity contribution < 1.29 is 4.42 Å². The van der Waals surface area contributed by atoms with Crippen molar-refractivity contribution in [3.8, 4) is 33.4 Å². The van der Waals surface area contributed by atoms with Crippen molar-refractivity contribution in [1.29, 1.82) is 0 Å². The smallest absolute Gasteiger partial charge is 0.136 e. The van der Waals surface area contributed by atoms with Gasteiger partial charge in [0.05, 0.1) is 17.1 Å². The van der Waals surface area contributed by atoms with Crippen LogP contribution in [-0.4, -0.2) is 0 Å². The molecule has 0 spiro atoms. The molecule has 51 heavy (non-hydrogen) atoms. The van der Waals surface area contributed by atoms with Crippen LogP contribution in [0.2, 0.25) is 0 Å². The van der Waals surface area contributed by atoms with E-state index in [1.807, 2.05) is 0 Å². The van der Waals surface area contributed by atoms with Crippen LogP contribution in [-0.2, 0) is 5.41 Å². The van der Waals surface area contributed by atoms with E-state index in [0.717, 1.165) is 44.4 Å². The lowest BCUT2D eigenvalue weighted by Gasteiger charge is -2.32. The Morgan fingerprint density at radius 2 is 0.980 bits per heavy atom. The van der Waals surface area contributed by atoms with Gasteiger partial charge in [-0.3, -0.25) is 0 Å². The molecule has 9 aromatic rings. The molecular formula is C49H35NO. The average molecular weight is 654 g/mol. The Bertz CT molecular complexity index is 2790. The highest BCUT2D eigenvalue weighted by Crippen LogP contribution is 2.55. The molecule has 0 unspecified atom stereocenters. The minimum absolute atomic E-state index is 0.121. The number of anilines is 3. The summed E-state index contributed by atoms with van der Waals surface area (Å²) in [7, 11) is 0. The molecule has 0 saturated carbocycles. The second-order valence-electron chi connectivity index (χ2n) is 14.1. The number of nitrogens with zero attached hydrogens (tertiary/aromatic N) is 1. The minimum Gasteiger partial charge on any atom is -0.456 e. The summed E-state index contributed by atoms with van der Waals surface area (Å²) in [5.74, 6) is 0. The van der Waals surface area contributed by atoms with Gasteiger partial charge in [0.15, 0.2) is 0 Å². The van der Waals surface area contributed by atoms with Gasteiger partial charge >= 0.3 is 0 Å². The highest BCUT2D eigenvalue weighted by Gasteiger charge is 2.38. The third kappa shape index (κ3) is 4.57. The van der Waals surface area contributed by atoms with Crippen molar-refractivity contribution in [2.24, 2.45) is 0 Å². The van der Waals surface area contributed by atoms with E-state index in [4.69, 9.17) is 4.42 Å². The van der Waals surface area contributed by atoms with Gasteiger partial charge < -0.3 is 9.32 Å². The maximum atomic E-state index is 6.43. The molecule has 0 saturated heterocycles. The third-order valence-electron chi connectivity index (χ3n) is 10.8. The Kier molecular flexibility index (Phi) is 6.56. The fraction of sp³-hybridized carbons (Fsp3) is 0.0612. The van der Waals surface area contributed by atoms with Gasteiger partial charge in [-0.1, -0.05) is 147 Å². The quantitative estimate of drug-likeness (QED) is 0.184. The van der Waals surface area contributed by atoms with Crippen molar-refractivity contribution >= 4 is 49.8 Å². The van der Waals surface area contributed by atoms with Crippen molar-refractivity contribution in [2.75, 3.05) is 4.90 Å². The molecule has 0 fully saturated rings. The maximum Gasteiger partial charge on any atom is 0.136 e. The molecule has 1 aliphatic carbocycles. The van der Waals surface area contributed by atoms with Crippen LogP contribution in [0.3, 0.4) is 0 Å². The van der Waals surface area contributed by atoms with Gasteiger partial charge in [0.2, 0.25) is 0 Å². The van der Waals surface area contributed by atoms with E-state index in [1.54, 1.807) is 0 Å². The van der Waals surface area contributed by atoms with Gasteiger partial charge in [0.25, 0.3) is 0 Å². The highest BCUT2D eigenvalue weighted by atomic mass is 16.3. The molecule has 0 aliphatic heterocycles. The summed E-state index contributed by atoms with van der Waals surface area (Å²) in [5, 5.41) is 4.65. The summed E-state index contributed by atoms with van der Waals surface area (Å²) in [6, 6.07) is 63.7. The summed E-state index contributed by atoms with van der Waals surface area (Å²) in [6.07, 6.45) is 0. The molecule has 0 atom stereocenters. The van der Waals surface area contributed by atoms with Crippen LogP contribution in [0.1, 0.15) is 25.0 Å². The van der Waals surface area contributed by atoms with E-state index in [0.29, 0.717) is 0 Å². The lowest BCUT2D eigenvalue weighted by Crippen LogP contribution is -2.16. The highest BCUT2D eigenvalue weighted by molar-refractivity contribution is 6.11. The summed E-state index contributed by atoms with van der Waals surface area (Å²) in [6.45, 7) is 4.70. The van der Waals surface area contributed by atoms with Crippen molar-refractivity contribution in [3.05, 3.63) is 187 Å². The van der Waals surface area contributed by atoms with Crippen LogP contribution in [0.15, 0.2) is 180 Å². The zero-order chi connectivity index (χ0) is 34.1. The maximum absolute atomic E-state index is 6.43. The van der Waals surface area contributed by atoms with Gasteiger partial charge in [-0.25, -0.2) is 0 Å². The van der Waals surface area contributed by atoms with Gasteiger partial charge in [-0.05, 0) is 81.1 Å². The Balaban J connectivity index is 1.25. The molecule has 0 bridgehead atoms. The van der Waals surface area contributed by atoms with Crippen LogP contribution >= 0.6 is 0 Å². The van der Waals surface area contributed by atoms with Crippen LogP contribution in [0.5, 0.6) is 0 Å². The predicted octanol–water partition coefficient (Wildman–Crippen LogP) is 13.8. The second-order valence-corrected chi connectivity index (χ2v) is 14.1. The van der Waals surface area contributed by atoms with Gasteiger partial charge in [-0.15, -0.1) is 0 Å². The average Bonchev–Trinajstić information content (AvgIpc) is 3.65. The fourth-order valence-electron chi connectivity index (χ4n) is 8.38. The number of fused-ring (bicyclic) bond motifs is 7. The second kappa shape index (κ2) is 11.3. The number of hydrogen-bond donors (Lipinski definition) is 0. The molecule has 8 aromatic carbocycles. The first-order valence-corrected chi connectivity index (χ1v) is 17.7. The molecule has 1 heterocycles. The van der Waals surface area contributed by atoms with E-state index in [-0.39, 0.29) is 5.41 Å². The number of rotatable bonds is 5. The molecule has 2 nitrogen and oxygen atoms in total. The molecule has 0 N–H and O–H groups in total. The van der Waals surface area contributed by atoms with Crippen molar-refractivity contribution in [3.63, 3.8) is 0 Å². The summed E-state index contributed by atoms with van der Waals surface area (Å²) in [4.78, 5) is 2.50. The SMILES string of the molecule is CC1(C)c2ccccc2-c2c(N(c3ccccc3-c3ccccc3)c3ccccc3-c3ccc4oc5cc6ccccc6cc5c4c3)cccc21. The van der Waals surface area contributed by atoms with Crippen LogP contribution in [0.4, 0.5) is 17.1 Å². The molecule has 10 rings (SSSR count).